The summed E-state index contributed by atoms with van der Waals surface area (Å²) in [6.45, 7) is 9.10. The van der Waals surface area contributed by atoms with E-state index in [1.54, 1.807) is 6.92 Å². The Morgan fingerprint density at radius 1 is 0.933 bits per heavy atom. The van der Waals surface area contributed by atoms with E-state index in [0.717, 1.165) is 31.2 Å². The van der Waals surface area contributed by atoms with Gasteiger partial charge >= 0.3 is 5.97 Å². The molecular weight excluding hydrogens is 574 g/mol. The van der Waals surface area contributed by atoms with Gasteiger partial charge in [-0.3, -0.25) is 9.59 Å². The fourth-order valence-corrected chi connectivity index (χ4v) is 5.54. The number of unbranched alkanes of at least 4 members (excludes halogenated alkanes) is 1. The predicted octanol–water partition coefficient (Wildman–Crippen LogP) is 5.05. The van der Waals surface area contributed by atoms with Gasteiger partial charge in [0.15, 0.2) is 0 Å². The van der Waals surface area contributed by atoms with Gasteiger partial charge < -0.3 is 34.4 Å². The van der Waals surface area contributed by atoms with Crippen molar-refractivity contribution >= 4 is 17.4 Å². The van der Waals surface area contributed by atoms with Crippen LogP contribution in [-0.2, 0) is 19.1 Å². The van der Waals surface area contributed by atoms with E-state index in [2.05, 4.69) is 19.9 Å². The minimum Gasteiger partial charge on any atom is -0.494 e. The molecule has 1 heterocycles. The number of rotatable bonds is 20. The molecule has 3 rings (SSSR count). The van der Waals surface area contributed by atoms with Crippen LogP contribution in [0.5, 0.6) is 5.75 Å². The summed E-state index contributed by atoms with van der Waals surface area (Å²) >= 11 is 0. The van der Waals surface area contributed by atoms with Crippen molar-refractivity contribution in [2.75, 3.05) is 33.0 Å². The Bertz CT molecular complexity index is 1160. The summed E-state index contributed by atoms with van der Waals surface area (Å²) in [5.41, 5.74) is 1.48. The third kappa shape index (κ3) is 10.7. The van der Waals surface area contributed by atoms with E-state index in [0.29, 0.717) is 36.0 Å². The number of nitrogens with zero attached hydrogens (tertiary/aromatic N) is 1. The Kier molecular flexibility index (Phi) is 15.1. The molecule has 9 heteroatoms. The van der Waals surface area contributed by atoms with Crippen molar-refractivity contribution in [1.29, 1.82) is 0 Å². The summed E-state index contributed by atoms with van der Waals surface area (Å²) in [7, 11) is 0. The Labute approximate surface area is 268 Å². The number of esters is 1. The predicted molar refractivity (Wildman–Crippen MR) is 174 cm³/mol. The lowest BCUT2D eigenvalue weighted by Gasteiger charge is -2.41. The number of carbonyl (C=O) groups is 2. The lowest BCUT2D eigenvalue weighted by Crippen LogP contribution is -2.49. The van der Waals surface area contributed by atoms with Gasteiger partial charge in [0, 0.05) is 30.9 Å². The molecular formula is C36H53NO8. The van der Waals surface area contributed by atoms with Gasteiger partial charge in [-0.25, -0.2) is 0 Å². The zero-order valence-electron chi connectivity index (χ0n) is 27.4. The van der Waals surface area contributed by atoms with Gasteiger partial charge in [-0.1, -0.05) is 71.2 Å². The zero-order chi connectivity index (χ0) is 32.8. The third-order valence-electron chi connectivity index (χ3n) is 8.75. The first-order valence-electron chi connectivity index (χ1n) is 16.6. The molecule has 0 bridgehead atoms. The van der Waals surface area contributed by atoms with Gasteiger partial charge in [-0.15, -0.1) is 0 Å². The van der Waals surface area contributed by atoms with Crippen LogP contribution in [0.3, 0.4) is 0 Å². The first kappa shape index (κ1) is 36.3. The molecule has 1 aromatic carbocycles. The highest BCUT2D eigenvalue weighted by Crippen LogP contribution is 2.35. The van der Waals surface area contributed by atoms with E-state index in [1.165, 1.54) is 0 Å². The van der Waals surface area contributed by atoms with Crippen LogP contribution in [0.15, 0.2) is 54.3 Å². The molecule has 3 N–H and O–H groups in total. The topological polar surface area (TPSA) is 126 Å². The summed E-state index contributed by atoms with van der Waals surface area (Å²) in [6, 6.07) is 7.21. The molecule has 6 unspecified atom stereocenters. The van der Waals surface area contributed by atoms with Crippen LogP contribution in [0, 0.1) is 17.8 Å². The van der Waals surface area contributed by atoms with Crippen molar-refractivity contribution in [1.82, 2.24) is 4.90 Å². The second-order valence-electron chi connectivity index (χ2n) is 12.1. The van der Waals surface area contributed by atoms with E-state index in [1.807, 2.05) is 54.3 Å². The number of allylic oxidation sites excluding steroid dienone is 1. The lowest BCUT2D eigenvalue weighted by molar-refractivity contribution is -0.149. The monoisotopic (exact) mass is 627 g/mol. The molecule has 0 saturated heterocycles. The third-order valence-corrected chi connectivity index (χ3v) is 8.75. The van der Waals surface area contributed by atoms with Gasteiger partial charge in [0.2, 0.25) is 0 Å². The summed E-state index contributed by atoms with van der Waals surface area (Å²) in [5, 5.41) is 29.8. The first-order chi connectivity index (χ1) is 21.7. The van der Waals surface area contributed by atoms with Crippen LogP contribution in [0.1, 0.15) is 78.2 Å². The molecule has 0 spiro atoms. The van der Waals surface area contributed by atoms with E-state index >= 15 is 0 Å². The van der Waals surface area contributed by atoms with Crippen molar-refractivity contribution in [2.24, 2.45) is 17.8 Å². The molecule has 0 fully saturated rings. The minimum absolute atomic E-state index is 0.0197. The molecule has 0 radical (unpaired) electrons. The Morgan fingerprint density at radius 2 is 1.64 bits per heavy atom. The molecule has 1 aliphatic carbocycles. The van der Waals surface area contributed by atoms with Crippen molar-refractivity contribution < 1.29 is 39.1 Å². The van der Waals surface area contributed by atoms with Crippen LogP contribution in [-0.4, -0.2) is 83.3 Å². The number of aliphatic hydroxyl groups excluding tert-OH is 3. The standard InChI is InChI=1S/C36H53NO8/c1-5-8-9-26(7-3)24-37-32-23-30(43-19-16-33(39)34(40)17-20-45-36(42)25(4)6-2)15-12-28(32)22-31(35(37)41)27-10-13-29(14-11-27)44-21-18-38/h10-15,22-23,25-26,28,32-34,38-40H,5-9,16-21,24H2,1-4H3. The highest BCUT2D eigenvalue weighted by Gasteiger charge is 2.37. The quantitative estimate of drug-likeness (QED) is 0.172. The fraction of sp³-hybridized carbons (Fsp3) is 0.611. The number of fused-ring (bicyclic) bond motifs is 1. The highest BCUT2D eigenvalue weighted by molar-refractivity contribution is 6.20. The number of hydrogen-bond acceptors (Lipinski definition) is 8. The minimum atomic E-state index is -1.03. The summed E-state index contributed by atoms with van der Waals surface area (Å²) in [6.07, 6.45) is 11.2. The molecule has 1 aromatic rings. The second-order valence-corrected chi connectivity index (χ2v) is 12.1. The second kappa shape index (κ2) is 18.7. The van der Waals surface area contributed by atoms with Crippen molar-refractivity contribution in [3.8, 4) is 5.75 Å². The zero-order valence-corrected chi connectivity index (χ0v) is 27.4. The van der Waals surface area contributed by atoms with Crippen LogP contribution in [0.2, 0.25) is 0 Å². The molecule has 0 saturated carbocycles. The normalized spacial score (nSPS) is 20.4. The number of benzene rings is 1. The Hall–Kier alpha value is -3.14. The fourth-order valence-electron chi connectivity index (χ4n) is 5.54. The number of aliphatic hydroxyl groups is 3. The molecule has 6 atom stereocenters. The number of carbonyl (C=O) groups excluding carboxylic acids is 2. The smallest absolute Gasteiger partial charge is 0.308 e. The van der Waals surface area contributed by atoms with Gasteiger partial charge in [0.05, 0.1) is 44.0 Å². The van der Waals surface area contributed by atoms with E-state index in [-0.39, 0.29) is 69.0 Å². The first-order valence-corrected chi connectivity index (χ1v) is 16.6. The SMILES string of the molecule is CCCCC(CC)CN1C(=O)C(c2ccc(OCCO)cc2)=CC2C=CC(OCCC(O)C(O)CCOC(=O)C(C)CC)=CC21. The van der Waals surface area contributed by atoms with Crippen LogP contribution >= 0.6 is 0 Å². The molecule has 9 nitrogen and oxygen atoms in total. The maximum Gasteiger partial charge on any atom is 0.308 e. The summed E-state index contributed by atoms with van der Waals surface area (Å²) < 4.78 is 16.7. The summed E-state index contributed by atoms with van der Waals surface area (Å²) in [5.74, 6) is 1.12. The molecule has 1 aliphatic heterocycles. The average Bonchev–Trinajstić information content (AvgIpc) is 3.06. The number of ether oxygens (including phenoxy) is 3. The van der Waals surface area contributed by atoms with Crippen molar-refractivity contribution in [3.05, 3.63) is 59.9 Å². The van der Waals surface area contributed by atoms with Gasteiger partial charge in [0.1, 0.15) is 18.1 Å². The molecule has 45 heavy (non-hydrogen) atoms. The number of hydrogen-bond donors (Lipinski definition) is 3. The molecule has 250 valence electrons. The molecule has 1 amide bonds. The van der Waals surface area contributed by atoms with Gasteiger partial charge in [-0.2, -0.15) is 0 Å². The average molecular weight is 628 g/mol. The van der Waals surface area contributed by atoms with Crippen LogP contribution in [0.4, 0.5) is 0 Å². The van der Waals surface area contributed by atoms with Gasteiger partial charge in [-0.05, 0) is 48.6 Å². The maximum absolute atomic E-state index is 14.0. The van der Waals surface area contributed by atoms with E-state index in [4.69, 9.17) is 19.3 Å². The lowest BCUT2D eigenvalue weighted by atomic mass is 9.84. The van der Waals surface area contributed by atoms with Gasteiger partial charge in [0.25, 0.3) is 5.91 Å². The summed E-state index contributed by atoms with van der Waals surface area (Å²) in [4.78, 5) is 27.9. The number of amides is 1. The van der Waals surface area contributed by atoms with Crippen LogP contribution in [0.25, 0.3) is 5.57 Å². The van der Waals surface area contributed by atoms with Crippen molar-refractivity contribution in [2.45, 2.75) is 90.9 Å². The largest absolute Gasteiger partial charge is 0.494 e. The van der Waals surface area contributed by atoms with E-state index < -0.39 is 12.2 Å². The van der Waals surface area contributed by atoms with E-state index in [9.17, 15) is 19.8 Å². The molecule has 0 aromatic heterocycles. The molecule has 2 aliphatic rings. The van der Waals surface area contributed by atoms with Crippen molar-refractivity contribution in [3.63, 3.8) is 0 Å². The Balaban J connectivity index is 1.68. The Morgan fingerprint density at radius 3 is 2.29 bits per heavy atom. The van der Waals surface area contributed by atoms with Crippen LogP contribution < -0.4 is 4.74 Å². The maximum atomic E-state index is 14.0. The highest BCUT2D eigenvalue weighted by atomic mass is 16.5.